The summed E-state index contributed by atoms with van der Waals surface area (Å²) < 4.78 is 18.6. The minimum atomic E-state index is -0.738. The maximum atomic E-state index is 13.4. The standard InChI is InChI=1S/C25H21FN2O3S2/c26-18-7-1-6-17(13-18)25(30)31-15-22(29)28-24(21-10-4-12-33-21)20-9-2-5-16(23(20)27-28)14-19-8-3-11-32-19/h1,3-4,6-8,10-14,20,24H,2,5,9,15H2. The first-order valence-electron chi connectivity index (χ1n) is 10.7. The molecule has 2 aromatic heterocycles. The molecule has 1 saturated carbocycles. The first-order valence-corrected chi connectivity index (χ1v) is 12.5. The van der Waals surface area contributed by atoms with Crippen molar-refractivity contribution in [1.82, 2.24) is 5.01 Å². The Hall–Kier alpha value is -3.10. The summed E-state index contributed by atoms with van der Waals surface area (Å²) in [5, 5.41) is 10.3. The highest BCUT2D eigenvalue weighted by molar-refractivity contribution is 7.11. The number of amides is 1. The molecule has 2 atom stereocenters. The lowest BCUT2D eigenvalue weighted by molar-refractivity contribution is -0.136. The molecule has 0 bridgehead atoms. The van der Waals surface area contributed by atoms with E-state index in [1.54, 1.807) is 22.7 Å². The Kier molecular flexibility index (Phi) is 6.20. The van der Waals surface area contributed by atoms with Crippen LogP contribution in [0.25, 0.3) is 6.08 Å². The molecule has 5 rings (SSSR count). The van der Waals surface area contributed by atoms with E-state index >= 15 is 0 Å². The zero-order valence-electron chi connectivity index (χ0n) is 17.6. The van der Waals surface area contributed by atoms with Crippen LogP contribution < -0.4 is 0 Å². The summed E-state index contributed by atoms with van der Waals surface area (Å²) in [6, 6.07) is 13.1. The van der Waals surface area contributed by atoms with Crippen LogP contribution in [0.4, 0.5) is 4.39 Å². The number of fused-ring (bicyclic) bond motifs is 1. The van der Waals surface area contributed by atoms with Gasteiger partial charge in [-0.05, 0) is 72.0 Å². The zero-order valence-corrected chi connectivity index (χ0v) is 19.3. The summed E-state index contributed by atoms with van der Waals surface area (Å²) in [5.74, 6) is -1.56. The predicted octanol–water partition coefficient (Wildman–Crippen LogP) is 5.93. The molecule has 2 unspecified atom stereocenters. The van der Waals surface area contributed by atoms with E-state index < -0.39 is 24.3 Å². The van der Waals surface area contributed by atoms with Crippen molar-refractivity contribution in [1.29, 1.82) is 0 Å². The lowest BCUT2D eigenvalue weighted by Gasteiger charge is -2.28. The van der Waals surface area contributed by atoms with Crippen molar-refractivity contribution >= 4 is 46.3 Å². The maximum Gasteiger partial charge on any atom is 0.338 e. The monoisotopic (exact) mass is 480 g/mol. The summed E-state index contributed by atoms with van der Waals surface area (Å²) in [6.07, 6.45) is 5.05. The Balaban J connectivity index is 1.39. The molecule has 3 heterocycles. The fourth-order valence-corrected chi connectivity index (χ4v) is 5.94. The molecule has 33 heavy (non-hydrogen) atoms. The average molecular weight is 481 g/mol. The number of benzene rings is 1. The minimum absolute atomic E-state index is 0.0696. The Morgan fingerprint density at radius 2 is 2.00 bits per heavy atom. The molecule has 1 amide bonds. The smallest absolute Gasteiger partial charge is 0.338 e. The van der Waals surface area contributed by atoms with E-state index in [1.807, 2.05) is 29.0 Å². The number of allylic oxidation sites excluding steroid dienone is 1. The molecule has 0 radical (unpaired) electrons. The van der Waals surface area contributed by atoms with E-state index in [0.29, 0.717) is 0 Å². The summed E-state index contributed by atoms with van der Waals surface area (Å²) in [4.78, 5) is 27.7. The number of nitrogens with zero attached hydrogens (tertiary/aromatic N) is 2. The van der Waals surface area contributed by atoms with E-state index in [9.17, 15) is 14.0 Å². The number of carbonyl (C=O) groups is 2. The SMILES string of the molecule is O=C(OCC(=O)N1N=C2C(=Cc3cccs3)CCCC2C1c1cccs1)c1cccc(F)c1. The van der Waals surface area contributed by atoms with Gasteiger partial charge in [0.05, 0.1) is 17.3 Å². The molecule has 0 spiro atoms. The number of thiophene rings is 2. The van der Waals surface area contributed by atoms with Crippen LogP contribution in [-0.4, -0.2) is 29.2 Å². The topological polar surface area (TPSA) is 59.0 Å². The van der Waals surface area contributed by atoms with Crippen LogP contribution in [0, 0.1) is 11.7 Å². The van der Waals surface area contributed by atoms with Gasteiger partial charge in [-0.3, -0.25) is 4.79 Å². The van der Waals surface area contributed by atoms with Crippen LogP contribution in [0.2, 0.25) is 0 Å². The molecular formula is C25H21FN2O3S2. The molecule has 1 fully saturated rings. The number of ether oxygens (including phenoxy) is 1. The van der Waals surface area contributed by atoms with Crippen LogP contribution in [0.1, 0.15) is 45.4 Å². The third-order valence-corrected chi connectivity index (χ3v) is 7.60. The summed E-state index contributed by atoms with van der Waals surface area (Å²) in [6.45, 7) is -0.454. The fourth-order valence-electron chi connectivity index (χ4n) is 4.38. The number of carbonyl (C=O) groups excluding carboxylic acids is 2. The van der Waals surface area contributed by atoms with Gasteiger partial charge in [0.15, 0.2) is 6.61 Å². The van der Waals surface area contributed by atoms with Crippen molar-refractivity contribution in [3.05, 3.63) is 86.0 Å². The molecule has 3 aromatic rings. The molecule has 0 saturated heterocycles. The summed E-state index contributed by atoms with van der Waals surface area (Å²) in [5.41, 5.74) is 2.17. The highest BCUT2D eigenvalue weighted by Gasteiger charge is 2.44. The van der Waals surface area contributed by atoms with Gasteiger partial charge in [0.1, 0.15) is 5.82 Å². The highest BCUT2D eigenvalue weighted by atomic mass is 32.1. The molecule has 1 aromatic carbocycles. The largest absolute Gasteiger partial charge is 0.452 e. The average Bonchev–Trinajstić information content (AvgIpc) is 3.58. The Bertz CT molecular complexity index is 1220. The summed E-state index contributed by atoms with van der Waals surface area (Å²) >= 11 is 3.27. The quantitative estimate of drug-likeness (QED) is 0.426. The number of rotatable bonds is 5. The molecule has 168 valence electrons. The lowest BCUT2D eigenvalue weighted by atomic mass is 9.79. The third-order valence-electron chi connectivity index (χ3n) is 5.84. The van der Waals surface area contributed by atoms with Crippen molar-refractivity contribution < 1.29 is 18.7 Å². The van der Waals surface area contributed by atoms with Gasteiger partial charge in [-0.1, -0.05) is 18.2 Å². The number of hydrogen-bond acceptors (Lipinski definition) is 6. The van der Waals surface area contributed by atoms with Gasteiger partial charge in [-0.15, -0.1) is 22.7 Å². The van der Waals surface area contributed by atoms with Gasteiger partial charge >= 0.3 is 5.97 Å². The van der Waals surface area contributed by atoms with Gasteiger partial charge in [0.2, 0.25) is 0 Å². The van der Waals surface area contributed by atoms with Crippen molar-refractivity contribution in [3.8, 4) is 0 Å². The predicted molar refractivity (Wildman–Crippen MR) is 128 cm³/mol. The van der Waals surface area contributed by atoms with Gasteiger partial charge in [-0.2, -0.15) is 5.10 Å². The van der Waals surface area contributed by atoms with Gasteiger partial charge in [0.25, 0.3) is 5.91 Å². The van der Waals surface area contributed by atoms with Crippen molar-refractivity contribution in [2.45, 2.75) is 25.3 Å². The Morgan fingerprint density at radius 1 is 1.15 bits per heavy atom. The lowest BCUT2D eigenvalue weighted by Crippen LogP contribution is -2.34. The number of hydrogen-bond donors (Lipinski definition) is 0. The van der Waals surface area contributed by atoms with Gasteiger partial charge in [-0.25, -0.2) is 14.2 Å². The van der Waals surface area contributed by atoms with Gasteiger partial charge in [0, 0.05) is 15.7 Å². The Labute approximate surface area is 198 Å². The van der Waals surface area contributed by atoms with E-state index in [2.05, 4.69) is 12.1 Å². The van der Waals surface area contributed by atoms with Crippen LogP contribution in [0.5, 0.6) is 0 Å². The van der Waals surface area contributed by atoms with Crippen LogP contribution in [-0.2, 0) is 9.53 Å². The first-order chi connectivity index (χ1) is 16.1. The molecule has 1 aliphatic heterocycles. The molecular weight excluding hydrogens is 459 g/mol. The van der Waals surface area contributed by atoms with E-state index in [1.165, 1.54) is 23.2 Å². The molecule has 2 aliphatic rings. The van der Waals surface area contributed by atoms with Crippen LogP contribution in [0.3, 0.4) is 0 Å². The second-order valence-corrected chi connectivity index (χ2v) is 9.91. The van der Waals surface area contributed by atoms with Crippen molar-refractivity contribution in [2.24, 2.45) is 11.0 Å². The Morgan fingerprint density at radius 3 is 2.76 bits per heavy atom. The molecule has 8 heteroatoms. The second kappa shape index (κ2) is 9.41. The fraction of sp³-hybridized carbons (Fsp3) is 0.240. The molecule has 0 N–H and O–H groups in total. The van der Waals surface area contributed by atoms with Crippen molar-refractivity contribution in [2.75, 3.05) is 6.61 Å². The molecule has 5 nitrogen and oxygen atoms in total. The first kappa shape index (κ1) is 21.7. The number of halogens is 1. The zero-order chi connectivity index (χ0) is 22.8. The maximum absolute atomic E-state index is 13.4. The summed E-state index contributed by atoms with van der Waals surface area (Å²) in [7, 11) is 0. The minimum Gasteiger partial charge on any atom is -0.452 e. The number of esters is 1. The highest BCUT2D eigenvalue weighted by Crippen LogP contribution is 2.45. The second-order valence-electron chi connectivity index (χ2n) is 7.95. The molecule has 1 aliphatic carbocycles. The normalized spacial score (nSPS) is 21.1. The van der Waals surface area contributed by atoms with E-state index in [-0.39, 0.29) is 17.5 Å². The van der Waals surface area contributed by atoms with E-state index in [4.69, 9.17) is 9.84 Å². The van der Waals surface area contributed by atoms with Gasteiger partial charge < -0.3 is 4.74 Å². The number of hydrazone groups is 1. The van der Waals surface area contributed by atoms with Crippen molar-refractivity contribution in [3.63, 3.8) is 0 Å². The van der Waals surface area contributed by atoms with Crippen LogP contribution >= 0.6 is 22.7 Å². The third kappa shape index (κ3) is 4.54. The van der Waals surface area contributed by atoms with E-state index in [0.717, 1.165) is 46.4 Å². The van der Waals surface area contributed by atoms with Crippen LogP contribution in [0.15, 0.2) is 70.0 Å².